The molecular formula is C8H12N2O2. The molecule has 4 heteroatoms. The van der Waals surface area contributed by atoms with Crippen molar-refractivity contribution in [3.05, 3.63) is 18.2 Å². The normalized spacial score (nSPS) is 12.8. The third-order valence-electron chi connectivity index (χ3n) is 1.84. The molecule has 0 amide bonds. The van der Waals surface area contributed by atoms with E-state index in [0.717, 1.165) is 12.2 Å². The summed E-state index contributed by atoms with van der Waals surface area (Å²) in [6.45, 7) is 3.59. The summed E-state index contributed by atoms with van der Waals surface area (Å²) in [5.74, 6) is -0.0207. The molecule has 0 aromatic carbocycles. The Hall–Kier alpha value is -1.32. The SMILES string of the molecule is CCc1nccn1C(C)C(=O)O. The summed E-state index contributed by atoms with van der Waals surface area (Å²) >= 11 is 0. The molecule has 12 heavy (non-hydrogen) atoms. The van der Waals surface area contributed by atoms with Gasteiger partial charge in [0, 0.05) is 18.8 Å². The number of aliphatic carboxylic acids is 1. The Kier molecular flexibility index (Phi) is 2.47. The van der Waals surface area contributed by atoms with Gasteiger partial charge in [-0.2, -0.15) is 0 Å². The van der Waals surface area contributed by atoms with Gasteiger partial charge in [-0.1, -0.05) is 6.92 Å². The van der Waals surface area contributed by atoms with Crippen LogP contribution in [0.2, 0.25) is 0 Å². The maximum absolute atomic E-state index is 10.6. The predicted octanol–water partition coefficient (Wildman–Crippen LogP) is 1.09. The van der Waals surface area contributed by atoms with Gasteiger partial charge >= 0.3 is 5.97 Å². The highest BCUT2D eigenvalue weighted by Crippen LogP contribution is 2.09. The van der Waals surface area contributed by atoms with E-state index in [1.165, 1.54) is 0 Å². The van der Waals surface area contributed by atoms with Crippen LogP contribution in [0.5, 0.6) is 0 Å². The Bertz CT molecular complexity index is 280. The second kappa shape index (κ2) is 3.38. The lowest BCUT2D eigenvalue weighted by molar-refractivity contribution is -0.140. The highest BCUT2D eigenvalue weighted by Gasteiger charge is 2.14. The molecule has 1 atom stereocenters. The minimum Gasteiger partial charge on any atom is -0.480 e. The van der Waals surface area contributed by atoms with Gasteiger partial charge in [0.1, 0.15) is 11.9 Å². The minimum atomic E-state index is -0.831. The van der Waals surface area contributed by atoms with E-state index in [0.29, 0.717) is 0 Å². The summed E-state index contributed by atoms with van der Waals surface area (Å²) < 4.78 is 1.67. The lowest BCUT2D eigenvalue weighted by Crippen LogP contribution is -2.16. The molecule has 0 saturated carbocycles. The molecule has 0 aliphatic carbocycles. The summed E-state index contributed by atoms with van der Waals surface area (Å²) in [5, 5.41) is 8.73. The zero-order chi connectivity index (χ0) is 9.14. The van der Waals surface area contributed by atoms with Crippen LogP contribution in [0.15, 0.2) is 12.4 Å². The van der Waals surface area contributed by atoms with Gasteiger partial charge in [-0.25, -0.2) is 9.78 Å². The molecule has 66 valence electrons. The van der Waals surface area contributed by atoms with Crippen LogP contribution in [0.3, 0.4) is 0 Å². The molecule has 1 N–H and O–H groups in total. The molecule has 1 rings (SSSR count). The van der Waals surface area contributed by atoms with Crippen LogP contribution in [-0.4, -0.2) is 20.6 Å². The van der Waals surface area contributed by atoms with Crippen LogP contribution in [-0.2, 0) is 11.2 Å². The topological polar surface area (TPSA) is 55.1 Å². The van der Waals surface area contributed by atoms with Crippen molar-refractivity contribution in [2.75, 3.05) is 0 Å². The summed E-state index contributed by atoms with van der Waals surface area (Å²) in [6, 6.07) is -0.526. The van der Waals surface area contributed by atoms with Crippen molar-refractivity contribution in [3.8, 4) is 0 Å². The molecule has 0 fully saturated rings. The van der Waals surface area contributed by atoms with Crippen molar-refractivity contribution >= 4 is 5.97 Å². The third kappa shape index (κ3) is 1.47. The Balaban J connectivity index is 2.93. The van der Waals surface area contributed by atoms with Crippen molar-refractivity contribution in [3.63, 3.8) is 0 Å². The fraction of sp³-hybridized carbons (Fsp3) is 0.500. The van der Waals surface area contributed by atoms with Crippen molar-refractivity contribution in [1.29, 1.82) is 0 Å². The van der Waals surface area contributed by atoms with Gasteiger partial charge in [-0.05, 0) is 6.92 Å². The van der Waals surface area contributed by atoms with Crippen LogP contribution >= 0.6 is 0 Å². The van der Waals surface area contributed by atoms with E-state index in [1.807, 2.05) is 6.92 Å². The molecule has 0 bridgehead atoms. The van der Waals surface area contributed by atoms with Gasteiger partial charge in [-0.3, -0.25) is 0 Å². The summed E-state index contributed by atoms with van der Waals surface area (Å²) in [6.07, 6.45) is 4.07. The lowest BCUT2D eigenvalue weighted by Gasteiger charge is -2.10. The zero-order valence-electron chi connectivity index (χ0n) is 7.19. The lowest BCUT2D eigenvalue weighted by atomic mass is 10.3. The van der Waals surface area contributed by atoms with Crippen molar-refractivity contribution in [2.45, 2.75) is 26.3 Å². The number of carboxylic acids is 1. The first-order valence-electron chi connectivity index (χ1n) is 3.91. The van der Waals surface area contributed by atoms with Crippen LogP contribution in [0, 0.1) is 0 Å². The van der Waals surface area contributed by atoms with E-state index >= 15 is 0 Å². The maximum Gasteiger partial charge on any atom is 0.326 e. The number of carbonyl (C=O) groups is 1. The van der Waals surface area contributed by atoms with Crippen LogP contribution < -0.4 is 0 Å². The highest BCUT2D eigenvalue weighted by molar-refractivity contribution is 5.71. The van der Waals surface area contributed by atoms with Gasteiger partial charge in [-0.15, -0.1) is 0 Å². The van der Waals surface area contributed by atoms with Gasteiger partial charge in [0.25, 0.3) is 0 Å². The van der Waals surface area contributed by atoms with E-state index in [1.54, 1.807) is 23.9 Å². The zero-order valence-corrected chi connectivity index (χ0v) is 7.19. The number of hydrogen-bond acceptors (Lipinski definition) is 2. The van der Waals surface area contributed by atoms with E-state index in [-0.39, 0.29) is 0 Å². The number of aryl methyl sites for hydroxylation is 1. The molecule has 0 spiro atoms. The van der Waals surface area contributed by atoms with E-state index in [9.17, 15) is 4.79 Å². The Morgan fingerprint density at radius 1 is 1.83 bits per heavy atom. The van der Waals surface area contributed by atoms with Crippen molar-refractivity contribution in [2.24, 2.45) is 0 Å². The highest BCUT2D eigenvalue weighted by atomic mass is 16.4. The maximum atomic E-state index is 10.6. The first-order chi connectivity index (χ1) is 5.66. The number of aromatic nitrogens is 2. The molecule has 0 saturated heterocycles. The molecule has 1 heterocycles. The van der Waals surface area contributed by atoms with Crippen molar-refractivity contribution < 1.29 is 9.90 Å². The number of nitrogens with zero attached hydrogens (tertiary/aromatic N) is 2. The second-order valence-corrected chi connectivity index (χ2v) is 2.62. The van der Waals surface area contributed by atoms with Crippen LogP contribution in [0.4, 0.5) is 0 Å². The molecule has 1 unspecified atom stereocenters. The molecule has 1 aromatic rings. The van der Waals surface area contributed by atoms with Gasteiger partial charge in [0.15, 0.2) is 0 Å². The number of carboxylic acid groups (broad SMARTS) is 1. The minimum absolute atomic E-state index is 0.526. The van der Waals surface area contributed by atoms with E-state index < -0.39 is 12.0 Å². The Morgan fingerprint density at radius 2 is 2.50 bits per heavy atom. The molecular weight excluding hydrogens is 156 g/mol. The standard InChI is InChI=1S/C8H12N2O2/c1-3-7-9-4-5-10(7)6(2)8(11)12/h4-6H,3H2,1-2H3,(H,11,12). The number of rotatable bonds is 3. The smallest absolute Gasteiger partial charge is 0.326 e. The van der Waals surface area contributed by atoms with E-state index in [2.05, 4.69) is 4.98 Å². The average molecular weight is 168 g/mol. The van der Waals surface area contributed by atoms with Crippen LogP contribution in [0.25, 0.3) is 0 Å². The van der Waals surface area contributed by atoms with Gasteiger partial charge < -0.3 is 9.67 Å². The van der Waals surface area contributed by atoms with Gasteiger partial charge in [0.2, 0.25) is 0 Å². The fourth-order valence-electron chi connectivity index (χ4n) is 1.09. The molecule has 0 radical (unpaired) electrons. The monoisotopic (exact) mass is 168 g/mol. The van der Waals surface area contributed by atoms with Crippen LogP contribution in [0.1, 0.15) is 25.7 Å². The first-order valence-corrected chi connectivity index (χ1v) is 3.91. The Morgan fingerprint density at radius 3 is 3.00 bits per heavy atom. The summed E-state index contributed by atoms with van der Waals surface area (Å²) in [5.41, 5.74) is 0. The summed E-state index contributed by atoms with van der Waals surface area (Å²) in [7, 11) is 0. The second-order valence-electron chi connectivity index (χ2n) is 2.62. The number of hydrogen-bond donors (Lipinski definition) is 1. The predicted molar refractivity (Wildman–Crippen MR) is 44.0 cm³/mol. The number of imidazole rings is 1. The quantitative estimate of drug-likeness (QED) is 0.735. The Labute approximate surface area is 70.9 Å². The fourth-order valence-corrected chi connectivity index (χ4v) is 1.09. The molecule has 1 aromatic heterocycles. The summed E-state index contributed by atoms with van der Waals surface area (Å²) in [4.78, 5) is 14.7. The van der Waals surface area contributed by atoms with Gasteiger partial charge in [0.05, 0.1) is 0 Å². The molecule has 4 nitrogen and oxygen atoms in total. The van der Waals surface area contributed by atoms with Crippen molar-refractivity contribution in [1.82, 2.24) is 9.55 Å². The first kappa shape index (κ1) is 8.77. The molecule has 0 aliphatic heterocycles. The third-order valence-corrected chi connectivity index (χ3v) is 1.84. The largest absolute Gasteiger partial charge is 0.480 e. The van der Waals surface area contributed by atoms with E-state index in [4.69, 9.17) is 5.11 Å². The average Bonchev–Trinajstić information content (AvgIpc) is 2.49. The molecule has 0 aliphatic rings.